The second-order valence-electron chi connectivity index (χ2n) is 4.86. The Labute approximate surface area is 132 Å². The van der Waals surface area contributed by atoms with Gasteiger partial charge in [0.2, 0.25) is 0 Å². The first kappa shape index (κ1) is 16.0. The molecule has 0 unspecified atom stereocenters. The Morgan fingerprint density at radius 2 is 2.14 bits per heavy atom. The van der Waals surface area contributed by atoms with Crippen molar-refractivity contribution < 1.29 is 9.72 Å². The van der Waals surface area contributed by atoms with Gasteiger partial charge in [-0.3, -0.25) is 14.9 Å². The molecule has 1 aromatic rings. The number of nitro groups is 1. The van der Waals surface area contributed by atoms with Crippen LogP contribution in [0.3, 0.4) is 0 Å². The summed E-state index contributed by atoms with van der Waals surface area (Å²) in [7, 11) is 0. The van der Waals surface area contributed by atoms with Crippen molar-refractivity contribution >= 4 is 34.8 Å². The predicted molar refractivity (Wildman–Crippen MR) is 81.1 cm³/mol. The highest BCUT2D eigenvalue weighted by Gasteiger charge is 2.31. The number of non-ortho nitro benzene ring substituents is 1. The van der Waals surface area contributed by atoms with E-state index in [1.165, 1.54) is 6.07 Å². The molecular weight excluding hydrogens is 317 g/mol. The Hall–Kier alpha value is -1.37. The molecule has 2 rings (SSSR count). The van der Waals surface area contributed by atoms with E-state index in [4.69, 9.17) is 23.2 Å². The fraction of sp³-hybridized carbons (Fsp3) is 0.462. The summed E-state index contributed by atoms with van der Waals surface area (Å²) in [6, 6.07) is 2.42. The molecule has 114 valence electrons. The number of amides is 1. The summed E-state index contributed by atoms with van der Waals surface area (Å²) >= 11 is 12.0. The van der Waals surface area contributed by atoms with Crippen molar-refractivity contribution in [2.24, 2.45) is 0 Å². The minimum Gasteiger partial charge on any atom is -0.333 e. The van der Waals surface area contributed by atoms with Crippen LogP contribution in [0.1, 0.15) is 23.7 Å². The fourth-order valence-corrected chi connectivity index (χ4v) is 2.58. The van der Waals surface area contributed by atoms with E-state index in [9.17, 15) is 14.9 Å². The van der Waals surface area contributed by atoms with Gasteiger partial charge in [-0.05, 0) is 6.42 Å². The van der Waals surface area contributed by atoms with Crippen LogP contribution in [0.25, 0.3) is 0 Å². The van der Waals surface area contributed by atoms with Crippen LogP contribution in [0.15, 0.2) is 12.1 Å². The van der Waals surface area contributed by atoms with Crippen molar-refractivity contribution in [2.75, 3.05) is 19.6 Å². The number of benzene rings is 1. The van der Waals surface area contributed by atoms with E-state index in [-0.39, 0.29) is 33.2 Å². The van der Waals surface area contributed by atoms with E-state index in [1.807, 2.05) is 6.92 Å². The van der Waals surface area contributed by atoms with Gasteiger partial charge in [0.15, 0.2) is 0 Å². The number of nitrogens with one attached hydrogen (secondary N) is 1. The number of rotatable bonds is 5. The van der Waals surface area contributed by atoms with Gasteiger partial charge in [-0.2, -0.15) is 0 Å². The summed E-state index contributed by atoms with van der Waals surface area (Å²) < 4.78 is 0. The molecular formula is C13H15Cl2N3O3. The lowest BCUT2D eigenvalue weighted by atomic mass is 10.1. The maximum Gasteiger partial charge on any atom is 0.271 e. The monoisotopic (exact) mass is 331 g/mol. The van der Waals surface area contributed by atoms with Gasteiger partial charge in [0.05, 0.1) is 26.6 Å². The molecule has 1 aliphatic rings. The molecule has 0 bridgehead atoms. The molecule has 1 saturated heterocycles. The predicted octanol–water partition coefficient (Wildman–Crippen LogP) is 2.73. The molecule has 6 nitrogen and oxygen atoms in total. The van der Waals surface area contributed by atoms with E-state index in [0.717, 1.165) is 12.5 Å². The van der Waals surface area contributed by atoms with Gasteiger partial charge in [0.1, 0.15) is 0 Å². The molecule has 1 N–H and O–H groups in total. The van der Waals surface area contributed by atoms with E-state index in [0.29, 0.717) is 19.6 Å². The Kier molecular flexibility index (Phi) is 5.03. The fourth-order valence-electron chi connectivity index (χ4n) is 2.18. The topological polar surface area (TPSA) is 75.5 Å². The van der Waals surface area contributed by atoms with Crippen molar-refractivity contribution in [1.82, 2.24) is 10.2 Å². The van der Waals surface area contributed by atoms with Gasteiger partial charge < -0.3 is 10.2 Å². The van der Waals surface area contributed by atoms with Crippen molar-refractivity contribution in [3.8, 4) is 0 Å². The van der Waals surface area contributed by atoms with Crippen LogP contribution < -0.4 is 5.32 Å². The van der Waals surface area contributed by atoms with Gasteiger partial charge in [-0.1, -0.05) is 30.1 Å². The van der Waals surface area contributed by atoms with Crippen LogP contribution >= 0.6 is 23.2 Å². The molecule has 0 saturated carbocycles. The third-order valence-electron chi connectivity index (χ3n) is 3.38. The van der Waals surface area contributed by atoms with E-state index in [2.05, 4.69) is 5.32 Å². The van der Waals surface area contributed by atoms with Gasteiger partial charge in [-0.15, -0.1) is 0 Å². The van der Waals surface area contributed by atoms with E-state index < -0.39 is 4.92 Å². The van der Waals surface area contributed by atoms with Crippen molar-refractivity contribution in [2.45, 2.75) is 19.4 Å². The first-order chi connectivity index (χ1) is 9.95. The van der Waals surface area contributed by atoms with Gasteiger partial charge in [0.25, 0.3) is 11.6 Å². The largest absolute Gasteiger partial charge is 0.333 e. The Bertz CT molecular complexity index is 576. The van der Waals surface area contributed by atoms with Gasteiger partial charge in [0, 0.05) is 31.8 Å². The second kappa shape index (κ2) is 6.60. The van der Waals surface area contributed by atoms with Crippen molar-refractivity contribution in [3.63, 3.8) is 0 Å². The number of carbonyl (C=O) groups is 1. The SMILES string of the molecule is CCCN(C(=O)c1cc([N+](=O)[O-])cc(Cl)c1Cl)C1CNC1. The highest BCUT2D eigenvalue weighted by atomic mass is 35.5. The lowest BCUT2D eigenvalue weighted by Crippen LogP contribution is -2.59. The number of hydrogen-bond donors (Lipinski definition) is 1. The number of nitro benzene ring substituents is 1. The van der Waals surface area contributed by atoms with Crippen LogP contribution in [0.5, 0.6) is 0 Å². The molecule has 1 aromatic carbocycles. The third-order valence-corrected chi connectivity index (χ3v) is 4.18. The number of halogens is 2. The zero-order chi connectivity index (χ0) is 15.6. The molecule has 0 radical (unpaired) electrons. The van der Waals surface area contributed by atoms with E-state index >= 15 is 0 Å². The maximum absolute atomic E-state index is 12.6. The molecule has 1 amide bonds. The summed E-state index contributed by atoms with van der Waals surface area (Å²) in [6.45, 7) is 3.97. The van der Waals surface area contributed by atoms with Crippen LogP contribution in [-0.2, 0) is 0 Å². The van der Waals surface area contributed by atoms with Gasteiger partial charge >= 0.3 is 0 Å². The molecule has 0 aromatic heterocycles. The standard InChI is InChI=1S/C13H15Cl2N3O3/c1-2-3-17(9-6-16-7-9)13(19)10-4-8(18(20)21)5-11(14)12(10)15/h4-5,9,16H,2-3,6-7H2,1H3. The lowest BCUT2D eigenvalue weighted by Gasteiger charge is -2.38. The second-order valence-corrected chi connectivity index (χ2v) is 5.64. The van der Waals surface area contributed by atoms with Crippen molar-refractivity contribution in [1.29, 1.82) is 0 Å². The molecule has 1 fully saturated rings. The van der Waals surface area contributed by atoms with Crippen LogP contribution in [-0.4, -0.2) is 41.4 Å². The zero-order valence-corrected chi connectivity index (χ0v) is 12.9. The smallest absolute Gasteiger partial charge is 0.271 e. The molecule has 8 heteroatoms. The van der Waals surface area contributed by atoms with Crippen LogP contribution in [0.4, 0.5) is 5.69 Å². The number of carbonyl (C=O) groups excluding carboxylic acids is 1. The summed E-state index contributed by atoms with van der Waals surface area (Å²) in [6.07, 6.45) is 0.794. The highest BCUT2D eigenvalue weighted by molar-refractivity contribution is 6.44. The normalized spacial score (nSPS) is 14.6. The Morgan fingerprint density at radius 1 is 1.48 bits per heavy atom. The van der Waals surface area contributed by atoms with Crippen LogP contribution in [0, 0.1) is 10.1 Å². The Balaban J connectivity index is 2.38. The van der Waals surface area contributed by atoms with E-state index in [1.54, 1.807) is 4.90 Å². The summed E-state index contributed by atoms with van der Waals surface area (Å²) in [5.74, 6) is -0.320. The first-order valence-corrected chi connectivity index (χ1v) is 7.36. The maximum atomic E-state index is 12.6. The molecule has 1 aliphatic heterocycles. The first-order valence-electron chi connectivity index (χ1n) is 6.60. The van der Waals surface area contributed by atoms with Crippen LogP contribution in [0.2, 0.25) is 10.0 Å². The molecule has 1 heterocycles. The number of nitrogens with zero attached hydrogens (tertiary/aromatic N) is 2. The Morgan fingerprint density at radius 3 is 2.62 bits per heavy atom. The third kappa shape index (κ3) is 3.28. The number of hydrogen-bond acceptors (Lipinski definition) is 4. The molecule has 21 heavy (non-hydrogen) atoms. The quantitative estimate of drug-likeness (QED) is 0.664. The molecule has 0 spiro atoms. The summed E-state index contributed by atoms with van der Waals surface area (Å²) in [5.41, 5.74) is -0.160. The molecule has 0 aliphatic carbocycles. The van der Waals surface area contributed by atoms with Gasteiger partial charge in [-0.25, -0.2) is 0 Å². The summed E-state index contributed by atoms with van der Waals surface area (Å²) in [4.78, 5) is 24.7. The summed E-state index contributed by atoms with van der Waals surface area (Å²) in [5, 5.41) is 14.1. The average molecular weight is 332 g/mol. The zero-order valence-electron chi connectivity index (χ0n) is 11.4. The lowest BCUT2D eigenvalue weighted by molar-refractivity contribution is -0.384. The minimum absolute atomic E-state index is 0.0115. The molecule has 0 atom stereocenters. The minimum atomic E-state index is -0.589. The average Bonchev–Trinajstić information content (AvgIpc) is 2.38. The van der Waals surface area contributed by atoms with Crippen molar-refractivity contribution in [3.05, 3.63) is 37.9 Å². The highest BCUT2D eigenvalue weighted by Crippen LogP contribution is 2.32.